The molecule has 1 aliphatic heterocycles. The van der Waals surface area contributed by atoms with Crippen molar-refractivity contribution >= 4 is 15.9 Å². The van der Waals surface area contributed by atoms with Crippen molar-refractivity contribution in [2.45, 2.75) is 43.3 Å². The molecule has 0 fully saturated rings. The van der Waals surface area contributed by atoms with Gasteiger partial charge in [0, 0.05) is 19.0 Å². The van der Waals surface area contributed by atoms with Gasteiger partial charge in [0.15, 0.2) is 0 Å². The number of nitrogens with zero attached hydrogens (tertiary/aromatic N) is 1. The molecule has 1 amide bonds. The molecule has 4 rings (SSSR count). The molecule has 6 nitrogen and oxygen atoms in total. The Morgan fingerprint density at radius 3 is 2.31 bits per heavy atom. The average Bonchev–Trinajstić information content (AvgIpc) is 2.86. The third-order valence-corrected chi connectivity index (χ3v) is 7.73. The van der Waals surface area contributed by atoms with Gasteiger partial charge in [-0.15, -0.1) is 0 Å². The summed E-state index contributed by atoms with van der Waals surface area (Å²) in [6.45, 7) is 2.13. The number of sulfonamides is 1. The Balaban J connectivity index is 1.62. The topological polar surface area (TPSA) is 75.7 Å². The SMILES string of the molecule is COc1ccc([C@H]2/C=C\C[C@H](NS(=O)(=O)c3ccc(C)cc3)CC(=O)N2Cc2ccc(F)cc2)cc1. The number of methoxy groups -OCH3 is 1. The van der Waals surface area contributed by atoms with Crippen LogP contribution in [-0.4, -0.2) is 32.4 Å². The Kier molecular flexibility index (Phi) is 7.86. The number of carbonyl (C=O) groups excluding carboxylic acids is 1. The Morgan fingerprint density at radius 2 is 1.67 bits per heavy atom. The van der Waals surface area contributed by atoms with E-state index in [0.29, 0.717) is 12.2 Å². The minimum Gasteiger partial charge on any atom is -0.497 e. The molecule has 1 aliphatic rings. The van der Waals surface area contributed by atoms with Crippen molar-refractivity contribution in [2.24, 2.45) is 0 Å². The van der Waals surface area contributed by atoms with Crippen molar-refractivity contribution in [3.05, 3.63) is 107 Å². The first-order chi connectivity index (χ1) is 17.2. The highest BCUT2D eigenvalue weighted by Crippen LogP contribution is 2.29. The van der Waals surface area contributed by atoms with E-state index in [1.165, 1.54) is 12.1 Å². The van der Waals surface area contributed by atoms with Crippen molar-refractivity contribution in [1.29, 1.82) is 0 Å². The van der Waals surface area contributed by atoms with E-state index in [1.807, 2.05) is 43.3 Å². The van der Waals surface area contributed by atoms with Crippen molar-refractivity contribution in [3.63, 3.8) is 0 Å². The van der Waals surface area contributed by atoms with E-state index in [9.17, 15) is 17.6 Å². The highest BCUT2D eigenvalue weighted by atomic mass is 32.2. The van der Waals surface area contributed by atoms with E-state index in [2.05, 4.69) is 4.72 Å². The molecule has 36 heavy (non-hydrogen) atoms. The quantitative estimate of drug-likeness (QED) is 0.460. The molecule has 0 unspecified atom stereocenters. The van der Waals surface area contributed by atoms with Crippen LogP contribution < -0.4 is 9.46 Å². The van der Waals surface area contributed by atoms with Crippen molar-refractivity contribution < 1.29 is 22.3 Å². The van der Waals surface area contributed by atoms with Gasteiger partial charge < -0.3 is 9.64 Å². The van der Waals surface area contributed by atoms with Gasteiger partial charge in [-0.25, -0.2) is 17.5 Å². The third kappa shape index (κ3) is 6.19. The maximum atomic E-state index is 13.6. The van der Waals surface area contributed by atoms with E-state index in [1.54, 1.807) is 48.4 Å². The first-order valence-corrected chi connectivity index (χ1v) is 13.2. The standard InChI is InChI=1S/C28H29FN2O4S/c1-20-6-16-26(17-7-20)36(33,34)30-24-4-3-5-27(22-10-14-25(35-2)15-11-22)31(28(32)18-24)19-21-8-12-23(29)13-9-21/h3,5-17,24,27,30H,4,18-19H2,1-2H3/b5-3-/t24-,27+/m0/s1. The highest BCUT2D eigenvalue weighted by molar-refractivity contribution is 7.89. The maximum Gasteiger partial charge on any atom is 0.240 e. The van der Waals surface area contributed by atoms with Gasteiger partial charge in [-0.1, -0.05) is 54.1 Å². The summed E-state index contributed by atoms with van der Waals surface area (Å²) in [7, 11) is -2.20. The number of amides is 1. The van der Waals surface area contributed by atoms with Crippen molar-refractivity contribution in [2.75, 3.05) is 7.11 Å². The lowest BCUT2D eigenvalue weighted by atomic mass is 9.98. The number of rotatable bonds is 7. The van der Waals surface area contributed by atoms with Crippen LogP contribution in [0.3, 0.4) is 0 Å². The Morgan fingerprint density at radius 1 is 1.00 bits per heavy atom. The second kappa shape index (κ2) is 11.1. The van der Waals surface area contributed by atoms with E-state index in [4.69, 9.17) is 4.74 Å². The largest absolute Gasteiger partial charge is 0.497 e. The summed E-state index contributed by atoms with van der Waals surface area (Å²) in [4.78, 5) is 15.4. The summed E-state index contributed by atoms with van der Waals surface area (Å²) >= 11 is 0. The van der Waals surface area contributed by atoms with E-state index < -0.39 is 16.1 Å². The first-order valence-electron chi connectivity index (χ1n) is 11.7. The molecule has 0 aliphatic carbocycles. The van der Waals surface area contributed by atoms with Crippen LogP contribution in [0, 0.1) is 12.7 Å². The zero-order valence-corrected chi connectivity index (χ0v) is 21.0. The van der Waals surface area contributed by atoms with Gasteiger partial charge in [0.1, 0.15) is 11.6 Å². The molecule has 0 radical (unpaired) electrons. The molecule has 0 bridgehead atoms. The van der Waals surface area contributed by atoms with Crippen LogP contribution in [0.15, 0.2) is 89.8 Å². The minimum absolute atomic E-state index is 0.0106. The van der Waals surface area contributed by atoms with Crippen LogP contribution in [-0.2, 0) is 21.4 Å². The van der Waals surface area contributed by atoms with Crippen LogP contribution in [0.25, 0.3) is 0 Å². The summed E-state index contributed by atoms with van der Waals surface area (Å²) in [6.07, 6.45) is 4.17. The van der Waals surface area contributed by atoms with E-state index >= 15 is 0 Å². The molecule has 2 atom stereocenters. The zero-order valence-electron chi connectivity index (χ0n) is 20.2. The van der Waals surface area contributed by atoms with Gasteiger partial charge in [-0.2, -0.15) is 0 Å². The highest BCUT2D eigenvalue weighted by Gasteiger charge is 2.30. The second-order valence-corrected chi connectivity index (χ2v) is 10.6. The second-order valence-electron chi connectivity index (χ2n) is 8.87. The number of benzene rings is 3. The predicted molar refractivity (Wildman–Crippen MR) is 136 cm³/mol. The van der Waals surface area contributed by atoms with Crippen LogP contribution in [0.1, 0.15) is 35.6 Å². The lowest BCUT2D eigenvalue weighted by Crippen LogP contribution is -2.42. The molecule has 3 aromatic carbocycles. The number of ether oxygens (including phenoxy) is 1. The lowest BCUT2D eigenvalue weighted by molar-refractivity contribution is -0.134. The van der Waals surface area contributed by atoms with Crippen molar-refractivity contribution in [1.82, 2.24) is 9.62 Å². The summed E-state index contributed by atoms with van der Waals surface area (Å²) in [6, 6.07) is 19.1. The van der Waals surface area contributed by atoms with Gasteiger partial charge in [0.05, 0.1) is 18.0 Å². The average molecular weight is 509 g/mol. The van der Waals surface area contributed by atoms with Gasteiger partial charge in [0.2, 0.25) is 15.9 Å². The molecule has 0 saturated heterocycles. The predicted octanol–water partition coefficient (Wildman–Crippen LogP) is 4.91. The zero-order chi connectivity index (χ0) is 25.7. The minimum atomic E-state index is -3.79. The lowest BCUT2D eigenvalue weighted by Gasteiger charge is -2.33. The molecule has 1 heterocycles. The summed E-state index contributed by atoms with van der Waals surface area (Å²) in [5.74, 6) is 0.145. The smallest absolute Gasteiger partial charge is 0.240 e. The first kappa shape index (κ1) is 25.6. The molecule has 1 N–H and O–H groups in total. The Labute approximate surface area is 211 Å². The number of aryl methyl sites for hydroxylation is 1. The van der Waals surface area contributed by atoms with Gasteiger partial charge in [-0.3, -0.25) is 4.79 Å². The number of nitrogens with one attached hydrogen (secondary N) is 1. The third-order valence-electron chi connectivity index (χ3n) is 6.19. The Hall–Kier alpha value is -3.49. The molecule has 0 aromatic heterocycles. The number of carbonyl (C=O) groups is 1. The molecule has 188 valence electrons. The molecule has 8 heteroatoms. The molecule has 3 aromatic rings. The van der Waals surface area contributed by atoms with Gasteiger partial charge >= 0.3 is 0 Å². The van der Waals surface area contributed by atoms with Crippen LogP contribution in [0.5, 0.6) is 5.75 Å². The number of hydrogen-bond donors (Lipinski definition) is 1. The maximum absolute atomic E-state index is 13.6. The molecule has 0 saturated carbocycles. The van der Waals surface area contributed by atoms with Crippen molar-refractivity contribution in [3.8, 4) is 5.75 Å². The Bertz CT molecular complexity index is 1320. The van der Waals surface area contributed by atoms with Crippen LogP contribution >= 0.6 is 0 Å². The fourth-order valence-electron chi connectivity index (χ4n) is 4.20. The summed E-state index contributed by atoms with van der Waals surface area (Å²) in [5, 5.41) is 0. The molecular formula is C28H29FN2O4S. The van der Waals surface area contributed by atoms with Gasteiger partial charge in [0.25, 0.3) is 0 Å². The monoisotopic (exact) mass is 508 g/mol. The van der Waals surface area contributed by atoms with Gasteiger partial charge in [-0.05, 0) is 60.9 Å². The molecule has 0 spiro atoms. The normalized spacial score (nSPS) is 19.4. The number of hydrogen-bond acceptors (Lipinski definition) is 4. The number of halogens is 1. The molecular weight excluding hydrogens is 479 g/mol. The summed E-state index contributed by atoms with van der Waals surface area (Å²) < 4.78 is 47.4. The van der Waals surface area contributed by atoms with Crippen LogP contribution in [0.4, 0.5) is 4.39 Å². The fraction of sp³-hybridized carbons (Fsp3) is 0.250. The van der Waals surface area contributed by atoms with Crippen LogP contribution in [0.2, 0.25) is 0 Å². The fourth-order valence-corrected chi connectivity index (χ4v) is 5.45. The van der Waals surface area contributed by atoms with E-state index in [0.717, 1.165) is 16.7 Å². The summed E-state index contributed by atoms with van der Waals surface area (Å²) in [5.41, 5.74) is 2.62. The van der Waals surface area contributed by atoms with E-state index in [-0.39, 0.29) is 35.6 Å².